The molecule has 0 heterocycles. The highest BCUT2D eigenvalue weighted by Gasteiger charge is 2.16. The lowest BCUT2D eigenvalue weighted by molar-refractivity contribution is 0.0687. The van der Waals surface area contributed by atoms with Gasteiger partial charge in [0, 0.05) is 0 Å². The number of aromatic carboxylic acids is 1. The third kappa shape index (κ3) is 3.82. The normalized spacial score (nSPS) is 12.4. The quantitative estimate of drug-likeness (QED) is 0.752. The van der Waals surface area contributed by atoms with E-state index in [2.05, 4.69) is 0 Å². The van der Waals surface area contributed by atoms with Gasteiger partial charge in [-0.2, -0.15) is 0 Å². The summed E-state index contributed by atoms with van der Waals surface area (Å²) in [6.45, 7) is 1.39. The molecule has 4 heteroatoms. The second-order valence-corrected chi connectivity index (χ2v) is 4.10. The van der Waals surface area contributed by atoms with Gasteiger partial charge in [0.05, 0.1) is 18.3 Å². The van der Waals surface area contributed by atoms with Gasteiger partial charge in [-0.3, -0.25) is 4.39 Å². The van der Waals surface area contributed by atoms with Crippen LogP contribution in [0.15, 0.2) is 18.2 Å². The molecule has 0 saturated heterocycles. The van der Waals surface area contributed by atoms with Crippen molar-refractivity contribution in [3.8, 4) is 0 Å². The second kappa shape index (κ2) is 6.35. The minimum absolute atomic E-state index is 0.123. The monoisotopic (exact) mass is 240 g/mol. The highest BCUT2D eigenvalue weighted by molar-refractivity contribution is 5.89. The third-order valence-corrected chi connectivity index (χ3v) is 2.66. The van der Waals surface area contributed by atoms with E-state index in [0.717, 1.165) is 5.56 Å². The zero-order valence-corrected chi connectivity index (χ0v) is 9.82. The van der Waals surface area contributed by atoms with Gasteiger partial charge in [0.2, 0.25) is 0 Å². The van der Waals surface area contributed by atoms with E-state index in [1.807, 2.05) is 0 Å². The molecule has 94 valence electrons. The lowest BCUT2D eigenvalue weighted by atomic mass is 9.97. The molecule has 0 fully saturated rings. The van der Waals surface area contributed by atoms with Gasteiger partial charge in [-0.1, -0.05) is 17.7 Å². The largest absolute Gasteiger partial charge is 0.478 e. The first-order chi connectivity index (χ1) is 8.06. The van der Waals surface area contributed by atoms with Gasteiger partial charge in [0.25, 0.3) is 0 Å². The summed E-state index contributed by atoms with van der Waals surface area (Å²) in [5.74, 6) is -1.05. The average Bonchev–Trinajstić information content (AvgIpc) is 2.29. The van der Waals surface area contributed by atoms with Crippen molar-refractivity contribution in [1.82, 2.24) is 0 Å². The van der Waals surface area contributed by atoms with Crippen molar-refractivity contribution >= 4 is 5.97 Å². The van der Waals surface area contributed by atoms with Crippen LogP contribution >= 0.6 is 0 Å². The number of rotatable bonds is 6. The Balaban J connectivity index is 2.84. The fourth-order valence-corrected chi connectivity index (χ4v) is 1.73. The minimum atomic E-state index is -1.05. The standard InChI is InChI=1S/C13H17FO3/c1-9-5-6-10(11(8-9)13(16)17)12(15)4-2-3-7-14/h5-6,8,12,15H,2-4,7H2,1H3,(H,16,17). The SMILES string of the molecule is Cc1ccc(C(O)CCCCF)c(C(=O)O)c1. The summed E-state index contributed by atoms with van der Waals surface area (Å²) >= 11 is 0. The minimum Gasteiger partial charge on any atom is -0.478 e. The van der Waals surface area contributed by atoms with Crippen molar-refractivity contribution in [2.45, 2.75) is 32.3 Å². The number of halogens is 1. The zero-order valence-electron chi connectivity index (χ0n) is 9.82. The Bertz CT molecular complexity index is 390. The first-order valence-electron chi connectivity index (χ1n) is 5.64. The molecule has 0 radical (unpaired) electrons. The topological polar surface area (TPSA) is 57.5 Å². The molecule has 17 heavy (non-hydrogen) atoms. The summed E-state index contributed by atoms with van der Waals surface area (Å²) in [6, 6.07) is 4.93. The summed E-state index contributed by atoms with van der Waals surface area (Å²) in [7, 11) is 0. The molecule has 0 aliphatic carbocycles. The smallest absolute Gasteiger partial charge is 0.336 e. The van der Waals surface area contributed by atoms with Crippen LogP contribution in [0.5, 0.6) is 0 Å². The Labute approximate surface area is 99.9 Å². The molecule has 1 rings (SSSR count). The lowest BCUT2D eigenvalue weighted by Crippen LogP contribution is -2.07. The van der Waals surface area contributed by atoms with Crippen LogP contribution < -0.4 is 0 Å². The molecule has 0 aliphatic heterocycles. The molecule has 0 amide bonds. The van der Waals surface area contributed by atoms with Crippen LogP contribution in [-0.4, -0.2) is 22.9 Å². The van der Waals surface area contributed by atoms with E-state index in [1.54, 1.807) is 19.1 Å². The van der Waals surface area contributed by atoms with E-state index in [9.17, 15) is 14.3 Å². The van der Waals surface area contributed by atoms with Gasteiger partial charge >= 0.3 is 5.97 Å². The maximum Gasteiger partial charge on any atom is 0.336 e. The molecule has 0 spiro atoms. The van der Waals surface area contributed by atoms with E-state index in [1.165, 1.54) is 6.07 Å². The van der Waals surface area contributed by atoms with E-state index in [4.69, 9.17) is 5.11 Å². The number of carbonyl (C=O) groups is 1. The number of carboxylic acid groups (broad SMARTS) is 1. The molecule has 3 nitrogen and oxygen atoms in total. The highest BCUT2D eigenvalue weighted by atomic mass is 19.1. The molecule has 0 saturated carbocycles. The van der Waals surface area contributed by atoms with E-state index < -0.39 is 18.7 Å². The number of unbranched alkanes of at least 4 members (excludes halogenated alkanes) is 1. The summed E-state index contributed by atoms with van der Waals surface area (Å²) in [6.07, 6.45) is 0.483. The number of hydrogen-bond acceptors (Lipinski definition) is 2. The van der Waals surface area contributed by atoms with Gasteiger partial charge in [-0.15, -0.1) is 0 Å². The first-order valence-corrected chi connectivity index (χ1v) is 5.64. The number of aliphatic hydroxyl groups excluding tert-OH is 1. The van der Waals surface area contributed by atoms with Crippen LogP contribution in [0.2, 0.25) is 0 Å². The lowest BCUT2D eigenvalue weighted by Gasteiger charge is -2.13. The highest BCUT2D eigenvalue weighted by Crippen LogP contribution is 2.24. The molecular weight excluding hydrogens is 223 g/mol. The Morgan fingerprint density at radius 1 is 1.41 bits per heavy atom. The van der Waals surface area contributed by atoms with Crippen molar-refractivity contribution in [2.24, 2.45) is 0 Å². The summed E-state index contributed by atoms with van der Waals surface area (Å²) in [5, 5.41) is 18.9. The number of hydrogen-bond donors (Lipinski definition) is 2. The third-order valence-electron chi connectivity index (χ3n) is 2.66. The van der Waals surface area contributed by atoms with Crippen LogP contribution in [0.1, 0.15) is 46.9 Å². The van der Waals surface area contributed by atoms with Crippen molar-refractivity contribution in [3.63, 3.8) is 0 Å². The van der Waals surface area contributed by atoms with Gasteiger partial charge in [-0.25, -0.2) is 4.79 Å². The Morgan fingerprint density at radius 3 is 2.71 bits per heavy atom. The first kappa shape index (κ1) is 13.6. The molecule has 1 aromatic carbocycles. The van der Waals surface area contributed by atoms with Crippen molar-refractivity contribution in [3.05, 3.63) is 34.9 Å². The Morgan fingerprint density at radius 2 is 2.12 bits per heavy atom. The number of benzene rings is 1. The summed E-state index contributed by atoms with van der Waals surface area (Å²) in [4.78, 5) is 11.0. The molecule has 1 unspecified atom stereocenters. The van der Waals surface area contributed by atoms with Crippen molar-refractivity contribution < 1.29 is 19.4 Å². The van der Waals surface area contributed by atoms with Gasteiger partial charge in [0.15, 0.2) is 0 Å². The van der Waals surface area contributed by atoms with Crippen LogP contribution in [0.4, 0.5) is 4.39 Å². The van der Waals surface area contributed by atoms with Crippen molar-refractivity contribution in [2.75, 3.05) is 6.67 Å². The average molecular weight is 240 g/mol. The van der Waals surface area contributed by atoms with Crippen molar-refractivity contribution in [1.29, 1.82) is 0 Å². The number of aliphatic hydroxyl groups is 1. The molecule has 0 aromatic heterocycles. The Kier molecular flexibility index (Phi) is 5.10. The van der Waals surface area contributed by atoms with Gasteiger partial charge in [0.1, 0.15) is 0 Å². The van der Waals surface area contributed by atoms with Crippen LogP contribution in [-0.2, 0) is 0 Å². The van der Waals surface area contributed by atoms with Crippen LogP contribution in [0.25, 0.3) is 0 Å². The number of carboxylic acids is 1. The molecular formula is C13H17FO3. The molecule has 1 aromatic rings. The Hall–Kier alpha value is -1.42. The summed E-state index contributed by atoms with van der Waals surface area (Å²) < 4.78 is 11.9. The number of aryl methyl sites for hydroxylation is 1. The second-order valence-electron chi connectivity index (χ2n) is 4.10. The fraction of sp³-hybridized carbons (Fsp3) is 0.462. The van der Waals surface area contributed by atoms with Crippen LogP contribution in [0, 0.1) is 6.92 Å². The van der Waals surface area contributed by atoms with Gasteiger partial charge < -0.3 is 10.2 Å². The molecule has 2 N–H and O–H groups in total. The maximum absolute atomic E-state index is 11.9. The summed E-state index contributed by atoms with van der Waals surface area (Å²) in [5.41, 5.74) is 1.36. The zero-order chi connectivity index (χ0) is 12.8. The van der Waals surface area contributed by atoms with E-state index in [-0.39, 0.29) is 5.56 Å². The van der Waals surface area contributed by atoms with Gasteiger partial charge in [-0.05, 0) is 37.8 Å². The molecule has 1 atom stereocenters. The van der Waals surface area contributed by atoms with E-state index in [0.29, 0.717) is 24.8 Å². The molecule has 0 bridgehead atoms. The predicted molar refractivity (Wildman–Crippen MR) is 62.9 cm³/mol. The fourth-order valence-electron chi connectivity index (χ4n) is 1.73. The van der Waals surface area contributed by atoms with E-state index >= 15 is 0 Å². The maximum atomic E-state index is 11.9. The number of alkyl halides is 1. The van der Waals surface area contributed by atoms with Crippen LogP contribution in [0.3, 0.4) is 0 Å². The molecule has 0 aliphatic rings. The predicted octanol–water partition coefficient (Wildman–Crippen LogP) is 2.87.